The highest BCUT2D eigenvalue weighted by Crippen LogP contribution is 2.60. The fraction of sp³-hybridized carbons (Fsp3) is 0.833. The van der Waals surface area contributed by atoms with E-state index in [0.29, 0.717) is 23.4 Å². The Labute approximate surface area is 264 Å². The van der Waals surface area contributed by atoms with Crippen LogP contribution in [-0.2, 0) is 13.3 Å². The van der Waals surface area contributed by atoms with E-state index in [9.17, 15) is 0 Å². The van der Waals surface area contributed by atoms with Crippen LogP contribution in [0.25, 0.3) is 0 Å². The van der Waals surface area contributed by atoms with Gasteiger partial charge in [0.05, 0.1) is 5.60 Å². The van der Waals surface area contributed by atoms with Crippen molar-refractivity contribution in [1.29, 1.82) is 0 Å². The molecule has 0 bridgehead atoms. The van der Waals surface area contributed by atoms with E-state index in [1.807, 2.05) is 0 Å². The van der Waals surface area contributed by atoms with Crippen molar-refractivity contribution in [2.75, 3.05) is 6.61 Å². The molecule has 3 saturated carbocycles. The van der Waals surface area contributed by atoms with Crippen LogP contribution in [-0.4, -0.2) is 43.3 Å². The number of allylic oxidation sites excluding steroid dienone is 4. The molecule has 42 heavy (non-hydrogen) atoms. The molecule has 3 fully saturated rings. The molecule has 242 valence electrons. The molecule has 0 radical (unpaired) electrons. The van der Waals surface area contributed by atoms with Crippen LogP contribution in [0.3, 0.4) is 0 Å². The molecule has 0 heterocycles. The zero-order chi connectivity index (χ0) is 31.6. The minimum Gasteiger partial charge on any atom is -0.417 e. The minimum absolute atomic E-state index is 0.0345. The van der Waals surface area contributed by atoms with Crippen molar-refractivity contribution in [3.63, 3.8) is 0 Å². The highest BCUT2D eigenvalue weighted by Gasteiger charge is 2.51. The van der Waals surface area contributed by atoms with E-state index < -0.39 is 25.0 Å². The van der Waals surface area contributed by atoms with Gasteiger partial charge >= 0.3 is 0 Å². The second kappa shape index (κ2) is 14.0. The van der Waals surface area contributed by atoms with Gasteiger partial charge in [-0.3, -0.25) is 0 Å². The predicted molar refractivity (Wildman–Crippen MR) is 191 cm³/mol. The Hall–Kier alpha value is -0.249. The van der Waals surface area contributed by atoms with E-state index in [1.165, 1.54) is 56.1 Å². The first-order valence-corrected chi connectivity index (χ1v) is 27.5. The van der Waals surface area contributed by atoms with Crippen LogP contribution < -0.4 is 0 Å². The summed E-state index contributed by atoms with van der Waals surface area (Å²) in [5, 5.41) is 0. The molecule has 5 unspecified atom stereocenters. The van der Waals surface area contributed by atoms with Gasteiger partial charge in [0.2, 0.25) is 0 Å². The van der Waals surface area contributed by atoms with Gasteiger partial charge in [-0.05, 0) is 166 Å². The summed E-state index contributed by atoms with van der Waals surface area (Å²) in [7, 11) is -4.67. The molecule has 5 atom stereocenters. The Morgan fingerprint density at radius 3 is 2.24 bits per heavy atom. The monoisotopic (exact) mass is 632 g/mol. The quantitative estimate of drug-likeness (QED) is 0.189. The highest BCUT2D eigenvalue weighted by molar-refractivity contribution is 6.70. The molecule has 3 nitrogen and oxygen atoms in total. The lowest BCUT2D eigenvalue weighted by Crippen LogP contribution is -2.40. The molecule has 6 heteroatoms. The summed E-state index contributed by atoms with van der Waals surface area (Å²) in [6.45, 7) is 33.6. The summed E-state index contributed by atoms with van der Waals surface area (Å²) in [6.07, 6.45) is 18.8. The predicted octanol–water partition coefficient (Wildman–Crippen LogP) is 11.3. The number of hydrogen-bond acceptors (Lipinski definition) is 3. The molecule has 3 aliphatic carbocycles. The smallest absolute Gasteiger partial charge is 0.184 e. The summed E-state index contributed by atoms with van der Waals surface area (Å²) in [5.41, 5.74) is 4.81. The molecule has 0 amide bonds. The summed E-state index contributed by atoms with van der Waals surface area (Å²) in [6, 6.07) is 0. The van der Waals surface area contributed by atoms with E-state index in [0.717, 1.165) is 38.2 Å². The van der Waals surface area contributed by atoms with E-state index in [2.05, 4.69) is 98.4 Å². The van der Waals surface area contributed by atoms with E-state index in [-0.39, 0.29) is 5.60 Å². The van der Waals surface area contributed by atoms with Gasteiger partial charge in [0.25, 0.3) is 0 Å². The summed E-state index contributed by atoms with van der Waals surface area (Å²) in [5.74, 6) is 2.10. The van der Waals surface area contributed by atoms with Crippen LogP contribution in [0, 0.1) is 23.2 Å². The zero-order valence-electron chi connectivity index (χ0n) is 29.9. The normalized spacial score (nSPS) is 30.7. The maximum atomic E-state index is 6.67. The van der Waals surface area contributed by atoms with Crippen LogP contribution in [0.1, 0.15) is 91.4 Å². The second-order valence-corrected chi connectivity index (χ2v) is 31.2. The number of fused-ring (bicyclic) bond motifs is 1. The average Bonchev–Trinajstić information content (AvgIpc) is 3.16. The lowest BCUT2D eigenvalue weighted by atomic mass is 9.60. The van der Waals surface area contributed by atoms with Gasteiger partial charge in [0, 0.05) is 12.7 Å². The first-order chi connectivity index (χ1) is 19.2. The second-order valence-electron chi connectivity index (χ2n) is 17.8. The maximum absolute atomic E-state index is 6.67. The topological polar surface area (TPSA) is 27.7 Å². The molecule has 0 spiro atoms. The van der Waals surface area contributed by atoms with Crippen LogP contribution in [0.15, 0.2) is 35.5 Å². The van der Waals surface area contributed by atoms with Crippen molar-refractivity contribution in [1.82, 2.24) is 0 Å². The summed E-state index contributed by atoms with van der Waals surface area (Å²) < 4.78 is 19.8. The highest BCUT2D eigenvalue weighted by atomic mass is 28.4. The van der Waals surface area contributed by atoms with Gasteiger partial charge in [-0.25, -0.2) is 0 Å². The van der Waals surface area contributed by atoms with Crippen LogP contribution >= 0.6 is 0 Å². The molecular formula is C36H68O3Si3. The number of hydrogen-bond donors (Lipinski definition) is 0. The van der Waals surface area contributed by atoms with Crippen molar-refractivity contribution in [3.8, 4) is 0 Å². The summed E-state index contributed by atoms with van der Waals surface area (Å²) >= 11 is 0. The van der Waals surface area contributed by atoms with Gasteiger partial charge in [0.1, 0.15) is 0 Å². The van der Waals surface area contributed by atoms with Crippen molar-refractivity contribution < 1.29 is 13.3 Å². The molecule has 0 saturated heterocycles. The van der Waals surface area contributed by atoms with Crippen molar-refractivity contribution >= 4 is 25.0 Å². The van der Waals surface area contributed by atoms with Crippen molar-refractivity contribution in [2.24, 2.45) is 23.2 Å². The van der Waals surface area contributed by atoms with Gasteiger partial charge in [-0.2, -0.15) is 0 Å². The molecule has 0 aliphatic heterocycles. The first-order valence-electron chi connectivity index (χ1n) is 17.3. The third-order valence-electron chi connectivity index (χ3n) is 9.96. The van der Waals surface area contributed by atoms with E-state index in [1.54, 1.807) is 5.57 Å². The van der Waals surface area contributed by atoms with Gasteiger partial charge in [0.15, 0.2) is 25.0 Å². The SMILES string of the molecule is C=C1CCC(O[Si](C)(C)C)C/C1=C/C=C1\CCCC2(C)C1CCC2C(CCCC(C)(C)O[Si](C)(C)C)CO[Si](C)(C)C. The van der Waals surface area contributed by atoms with Crippen molar-refractivity contribution in [2.45, 2.75) is 162 Å². The Morgan fingerprint density at radius 2 is 1.62 bits per heavy atom. The lowest BCUT2D eigenvalue weighted by molar-refractivity contribution is 0.0504. The summed E-state index contributed by atoms with van der Waals surface area (Å²) in [4.78, 5) is 0. The molecule has 0 aromatic carbocycles. The molecule has 0 aromatic heterocycles. The van der Waals surface area contributed by atoms with Crippen LogP contribution in [0.5, 0.6) is 0 Å². The van der Waals surface area contributed by atoms with Crippen LogP contribution in [0.2, 0.25) is 58.9 Å². The Bertz CT molecular complexity index is 978. The minimum atomic E-state index is -1.57. The van der Waals surface area contributed by atoms with Gasteiger partial charge in [-0.1, -0.05) is 43.2 Å². The molecule has 3 rings (SSSR count). The zero-order valence-corrected chi connectivity index (χ0v) is 32.9. The maximum Gasteiger partial charge on any atom is 0.184 e. The van der Waals surface area contributed by atoms with Gasteiger partial charge < -0.3 is 13.3 Å². The molecular weight excluding hydrogens is 565 g/mol. The standard InChI is InChI=1S/C36H68O3Si3/c1-28-18-21-32(38-41(8,9)10)26-30(28)20-19-29-16-15-25-36(4)33(29)22-23-34(36)31(27-37-40(5,6)7)17-14-24-35(2,3)39-42(11,12)13/h19-20,31-34H,1,14-18,21-27H2,2-13H3/b29-19+,30-20-. The molecule has 0 aromatic rings. The third-order valence-corrected chi connectivity index (χ3v) is 13.2. The fourth-order valence-corrected chi connectivity index (χ4v) is 12.1. The third kappa shape index (κ3) is 11.0. The largest absolute Gasteiger partial charge is 0.417 e. The number of rotatable bonds is 13. The Balaban J connectivity index is 1.76. The molecule has 3 aliphatic rings. The Morgan fingerprint density at radius 1 is 0.929 bits per heavy atom. The average molecular weight is 633 g/mol. The van der Waals surface area contributed by atoms with Crippen molar-refractivity contribution in [3.05, 3.63) is 35.5 Å². The molecule has 0 N–H and O–H groups in total. The fourth-order valence-electron chi connectivity index (χ4n) is 8.46. The lowest BCUT2D eigenvalue weighted by Gasteiger charge is -2.45. The van der Waals surface area contributed by atoms with Crippen LogP contribution in [0.4, 0.5) is 0 Å². The van der Waals surface area contributed by atoms with Gasteiger partial charge in [-0.15, -0.1) is 0 Å². The van der Waals surface area contributed by atoms with E-state index >= 15 is 0 Å². The first kappa shape index (κ1) is 36.2. The van der Waals surface area contributed by atoms with E-state index in [4.69, 9.17) is 13.3 Å². The Kier molecular flexibility index (Phi) is 12.1.